The number of nitrogens with one attached hydrogen (secondary N) is 1. The summed E-state index contributed by atoms with van der Waals surface area (Å²) >= 11 is 3.18. The van der Waals surface area contributed by atoms with E-state index in [1.807, 2.05) is 0 Å². The minimum absolute atomic E-state index is 0.251. The zero-order chi connectivity index (χ0) is 9.47. The van der Waals surface area contributed by atoms with Crippen molar-refractivity contribution in [2.24, 2.45) is 0 Å². The van der Waals surface area contributed by atoms with Gasteiger partial charge in [0.2, 0.25) is 5.95 Å². The van der Waals surface area contributed by atoms with Crippen LogP contribution in [0.25, 0.3) is 0 Å². The molecule has 1 saturated heterocycles. The Balaban J connectivity index is 2.43. The molecule has 1 aromatic rings. The maximum absolute atomic E-state index is 13.2. The van der Waals surface area contributed by atoms with Gasteiger partial charge in [0.05, 0.1) is 0 Å². The van der Waals surface area contributed by atoms with Crippen LogP contribution in [0.3, 0.4) is 0 Å². The quantitative estimate of drug-likeness (QED) is 0.720. The van der Waals surface area contributed by atoms with Crippen LogP contribution < -0.4 is 5.32 Å². The first kappa shape index (κ1) is 9.05. The van der Waals surface area contributed by atoms with Crippen LogP contribution in [-0.4, -0.2) is 23.2 Å². The third-order valence-electron chi connectivity index (χ3n) is 2.14. The fourth-order valence-electron chi connectivity index (χ4n) is 1.30. The molecular weight excluding hydrogens is 239 g/mol. The molecule has 13 heavy (non-hydrogen) atoms. The van der Waals surface area contributed by atoms with E-state index in [1.54, 1.807) is 6.07 Å². The van der Waals surface area contributed by atoms with Crippen LogP contribution in [0.2, 0.25) is 0 Å². The van der Waals surface area contributed by atoms with Crippen molar-refractivity contribution in [2.45, 2.75) is 5.60 Å². The Morgan fingerprint density at radius 1 is 1.62 bits per heavy atom. The molecule has 0 saturated carbocycles. The van der Waals surface area contributed by atoms with Crippen molar-refractivity contribution >= 4 is 15.9 Å². The highest BCUT2D eigenvalue weighted by Crippen LogP contribution is 2.28. The molecule has 2 heterocycles. The predicted octanol–water partition coefficient (Wildman–Crippen LogP) is 0.774. The molecule has 0 bridgehead atoms. The molecule has 5 heteroatoms. The lowest BCUT2D eigenvalue weighted by Gasteiger charge is -2.37. The number of hydrogen-bond donors (Lipinski definition) is 2. The molecule has 1 aromatic heterocycles. The van der Waals surface area contributed by atoms with Crippen molar-refractivity contribution in [3.05, 3.63) is 28.2 Å². The average Bonchev–Trinajstić information content (AvgIpc) is 2.05. The van der Waals surface area contributed by atoms with Gasteiger partial charge in [-0.1, -0.05) is 0 Å². The molecule has 1 aliphatic heterocycles. The number of nitrogens with zero attached hydrogens (tertiary/aromatic N) is 1. The van der Waals surface area contributed by atoms with Crippen molar-refractivity contribution in [3.63, 3.8) is 0 Å². The number of rotatable bonds is 1. The molecule has 2 N–H and O–H groups in total. The minimum Gasteiger partial charge on any atom is -0.382 e. The summed E-state index contributed by atoms with van der Waals surface area (Å²) in [5, 5.41) is 12.7. The fourth-order valence-corrected chi connectivity index (χ4v) is 1.63. The summed E-state index contributed by atoms with van der Waals surface area (Å²) < 4.78 is 13.8. The molecule has 70 valence electrons. The molecule has 0 amide bonds. The molecule has 0 atom stereocenters. The maximum atomic E-state index is 13.2. The number of β-amino-alcohol motifs (C(OH)–C–C–N with tert-alkyl or cyclic N) is 1. The van der Waals surface area contributed by atoms with Crippen LogP contribution in [-0.2, 0) is 5.60 Å². The summed E-state index contributed by atoms with van der Waals surface area (Å²) in [4.78, 5) is 3.53. The SMILES string of the molecule is OC1(c2cc(Br)cnc2F)CNC1. The second kappa shape index (κ2) is 3.01. The van der Waals surface area contributed by atoms with Gasteiger partial charge >= 0.3 is 0 Å². The second-order valence-corrected chi connectivity index (χ2v) is 4.04. The number of hydrogen-bond acceptors (Lipinski definition) is 3. The first-order valence-corrected chi connectivity index (χ1v) is 4.66. The third kappa shape index (κ3) is 1.47. The highest BCUT2D eigenvalue weighted by atomic mass is 79.9. The van der Waals surface area contributed by atoms with Gasteiger partial charge in [0.15, 0.2) is 0 Å². The molecule has 1 fully saturated rings. The number of halogens is 2. The maximum Gasteiger partial charge on any atom is 0.219 e. The van der Waals surface area contributed by atoms with E-state index in [0.29, 0.717) is 17.6 Å². The van der Waals surface area contributed by atoms with Crippen molar-refractivity contribution < 1.29 is 9.50 Å². The van der Waals surface area contributed by atoms with E-state index in [0.717, 1.165) is 0 Å². The Hall–Kier alpha value is -0.520. The normalized spacial score (nSPS) is 19.6. The summed E-state index contributed by atoms with van der Waals surface area (Å²) in [5.41, 5.74) is -0.832. The van der Waals surface area contributed by atoms with Crippen LogP contribution in [0.1, 0.15) is 5.56 Å². The lowest BCUT2D eigenvalue weighted by Crippen LogP contribution is -2.57. The zero-order valence-corrected chi connectivity index (χ0v) is 8.31. The first-order chi connectivity index (χ1) is 6.12. The topological polar surface area (TPSA) is 45.2 Å². The van der Waals surface area contributed by atoms with Crippen LogP contribution in [0.4, 0.5) is 4.39 Å². The smallest absolute Gasteiger partial charge is 0.219 e. The van der Waals surface area contributed by atoms with Crippen LogP contribution in [0.15, 0.2) is 16.7 Å². The van der Waals surface area contributed by atoms with Crippen molar-refractivity contribution in [1.29, 1.82) is 0 Å². The monoisotopic (exact) mass is 246 g/mol. The number of pyridine rings is 1. The Morgan fingerprint density at radius 2 is 2.31 bits per heavy atom. The molecule has 3 nitrogen and oxygen atoms in total. The van der Waals surface area contributed by atoms with Crippen molar-refractivity contribution in [2.75, 3.05) is 13.1 Å². The lowest BCUT2D eigenvalue weighted by molar-refractivity contribution is -0.0183. The van der Waals surface area contributed by atoms with Gasteiger partial charge < -0.3 is 10.4 Å². The largest absolute Gasteiger partial charge is 0.382 e. The van der Waals surface area contributed by atoms with Crippen LogP contribution in [0.5, 0.6) is 0 Å². The fraction of sp³-hybridized carbons (Fsp3) is 0.375. The molecule has 0 spiro atoms. The van der Waals surface area contributed by atoms with E-state index < -0.39 is 11.5 Å². The Kier molecular flexibility index (Phi) is 2.09. The van der Waals surface area contributed by atoms with Crippen LogP contribution >= 0.6 is 15.9 Å². The highest BCUT2D eigenvalue weighted by Gasteiger charge is 2.39. The molecule has 1 aliphatic rings. The average molecular weight is 247 g/mol. The molecule has 0 unspecified atom stereocenters. The summed E-state index contributed by atoms with van der Waals surface area (Å²) in [5.74, 6) is -0.604. The third-order valence-corrected chi connectivity index (χ3v) is 2.58. The number of aliphatic hydroxyl groups is 1. The summed E-state index contributed by atoms with van der Waals surface area (Å²) in [6.45, 7) is 0.754. The van der Waals surface area contributed by atoms with Gasteiger partial charge in [-0.15, -0.1) is 0 Å². The van der Waals surface area contributed by atoms with Gasteiger partial charge in [0, 0.05) is 29.3 Å². The van der Waals surface area contributed by atoms with Crippen molar-refractivity contribution in [1.82, 2.24) is 10.3 Å². The summed E-state index contributed by atoms with van der Waals surface area (Å²) in [6.07, 6.45) is 1.37. The van der Waals surface area contributed by atoms with E-state index in [9.17, 15) is 9.50 Å². The minimum atomic E-state index is -1.08. The van der Waals surface area contributed by atoms with Gasteiger partial charge in [-0.2, -0.15) is 4.39 Å². The Morgan fingerprint density at radius 3 is 2.85 bits per heavy atom. The van der Waals surface area contributed by atoms with Crippen molar-refractivity contribution in [3.8, 4) is 0 Å². The van der Waals surface area contributed by atoms with E-state index in [2.05, 4.69) is 26.2 Å². The van der Waals surface area contributed by atoms with Crippen LogP contribution in [0, 0.1) is 5.95 Å². The van der Waals surface area contributed by atoms with Gasteiger partial charge in [-0.3, -0.25) is 0 Å². The number of aromatic nitrogens is 1. The van der Waals surface area contributed by atoms with Gasteiger partial charge in [-0.05, 0) is 22.0 Å². The molecule has 2 rings (SSSR count). The second-order valence-electron chi connectivity index (χ2n) is 3.13. The van der Waals surface area contributed by atoms with Gasteiger partial charge in [0.25, 0.3) is 0 Å². The molecule has 0 radical (unpaired) electrons. The highest BCUT2D eigenvalue weighted by molar-refractivity contribution is 9.10. The standard InChI is InChI=1S/C8H8BrFN2O/c9-5-1-6(7(10)12-2-5)8(13)3-11-4-8/h1-2,11,13H,3-4H2. The first-order valence-electron chi connectivity index (χ1n) is 3.86. The predicted molar refractivity (Wildman–Crippen MR) is 48.7 cm³/mol. The molecule has 0 aliphatic carbocycles. The van der Waals surface area contributed by atoms with E-state index >= 15 is 0 Å². The van der Waals surface area contributed by atoms with Gasteiger partial charge in [-0.25, -0.2) is 4.98 Å². The van der Waals surface area contributed by atoms with E-state index in [1.165, 1.54) is 6.20 Å². The molecular formula is C8H8BrFN2O. The van der Waals surface area contributed by atoms with E-state index in [4.69, 9.17) is 0 Å². The lowest BCUT2D eigenvalue weighted by atomic mass is 9.89. The Labute approximate surface area is 83.1 Å². The van der Waals surface area contributed by atoms with E-state index in [-0.39, 0.29) is 5.56 Å². The van der Waals surface area contributed by atoms with Gasteiger partial charge in [0.1, 0.15) is 5.60 Å². The summed E-state index contributed by atoms with van der Waals surface area (Å²) in [7, 11) is 0. The zero-order valence-electron chi connectivity index (χ0n) is 6.72. The summed E-state index contributed by atoms with van der Waals surface area (Å²) in [6, 6.07) is 1.56. The molecule has 0 aromatic carbocycles. The Bertz CT molecular complexity index is 341.